The molecule has 0 amide bonds. The molecule has 0 bridgehead atoms. The first-order valence-corrected chi connectivity index (χ1v) is 6.44. The molecule has 1 heterocycles. The first-order chi connectivity index (χ1) is 9.20. The maximum Gasteiger partial charge on any atom is 0.224 e. The van der Waals surface area contributed by atoms with Crippen LogP contribution in [-0.2, 0) is 17.9 Å². The molecule has 0 saturated heterocycles. The number of anilines is 1. The van der Waals surface area contributed by atoms with Crippen LogP contribution >= 0.6 is 23.2 Å². The van der Waals surface area contributed by atoms with Crippen LogP contribution in [0.5, 0.6) is 0 Å². The fourth-order valence-corrected chi connectivity index (χ4v) is 1.97. The largest absolute Gasteiger partial charge is 0.380 e. The molecule has 2 rings (SSSR count). The van der Waals surface area contributed by atoms with Gasteiger partial charge in [0.2, 0.25) is 5.28 Å². The Balaban J connectivity index is 2.12. The number of methoxy groups -OCH3 is 1. The second-order valence-corrected chi connectivity index (χ2v) is 4.64. The van der Waals surface area contributed by atoms with Crippen molar-refractivity contribution in [1.29, 1.82) is 0 Å². The Hall–Kier alpha value is -1.36. The minimum Gasteiger partial charge on any atom is -0.380 e. The van der Waals surface area contributed by atoms with Crippen molar-refractivity contribution in [2.75, 3.05) is 12.4 Å². The summed E-state index contributed by atoms with van der Waals surface area (Å²) >= 11 is 11.7. The van der Waals surface area contributed by atoms with Gasteiger partial charge >= 0.3 is 0 Å². The van der Waals surface area contributed by atoms with Crippen molar-refractivity contribution in [1.82, 2.24) is 9.97 Å². The lowest BCUT2D eigenvalue weighted by atomic mass is 10.1. The lowest BCUT2D eigenvalue weighted by Gasteiger charge is -2.11. The van der Waals surface area contributed by atoms with Gasteiger partial charge in [0.05, 0.1) is 12.8 Å². The predicted molar refractivity (Wildman–Crippen MR) is 76.5 cm³/mol. The van der Waals surface area contributed by atoms with E-state index in [4.69, 9.17) is 27.9 Å². The van der Waals surface area contributed by atoms with Crippen molar-refractivity contribution in [3.63, 3.8) is 0 Å². The van der Waals surface area contributed by atoms with Gasteiger partial charge in [0.1, 0.15) is 10.8 Å². The number of halogens is 2. The SMILES string of the molecule is COCc1ccccc1CNc1nc(Cl)ncc1Cl. The van der Waals surface area contributed by atoms with Gasteiger partial charge in [0, 0.05) is 13.7 Å². The number of ether oxygens (including phenoxy) is 1. The second-order valence-electron chi connectivity index (χ2n) is 3.89. The molecule has 1 aromatic carbocycles. The zero-order valence-corrected chi connectivity index (χ0v) is 11.9. The third kappa shape index (κ3) is 3.80. The fraction of sp³-hybridized carbons (Fsp3) is 0.231. The molecule has 0 aliphatic heterocycles. The van der Waals surface area contributed by atoms with E-state index in [1.165, 1.54) is 6.20 Å². The first kappa shape index (κ1) is 14.1. The Morgan fingerprint density at radius 3 is 2.68 bits per heavy atom. The maximum atomic E-state index is 5.99. The number of hydrogen-bond acceptors (Lipinski definition) is 4. The summed E-state index contributed by atoms with van der Waals surface area (Å²) in [6.45, 7) is 1.16. The fourth-order valence-electron chi connectivity index (χ4n) is 1.67. The number of nitrogens with one attached hydrogen (secondary N) is 1. The molecule has 19 heavy (non-hydrogen) atoms. The van der Waals surface area contributed by atoms with Gasteiger partial charge in [-0.25, -0.2) is 4.98 Å². The Morgan fingerprint density at radius 1 is 1.21 bits per heavy atom. The minimum atomic E-state index is 0.164. The molecular weight excluding hydrogens is 285 g/mol. The Kier molecular flexibility index (Phi) is 4.96. The number of benzene rings is 1. The Morgan fingerprint density at radius 2 is 1.95 bits per heavy atom. The highest BCUT2D eigenvalue weighted by Crippen LogP contribution is 2.20. The lowest BCUT2D eigenvalue weighted by molar-refractivity contribution is 0.184. The molecule has 2 aromatic rings. The third-order valence-electron chi connectivity index (χ3n) is 2.58. The molecule has 0 atom stereocenters. The van der Waals surface area contributed by atoms with E-state index in [0.717, 1.165) is 11.1 Å². The standard InChI is InChI=1S/C13H13Cl2N3O/c1-19-8-10-5-3-2-4-9(10)6-16-12-11(14)7-17-13(15)18-12/h2-5,7H,6,8H2,1H3,(H,16,17,18). The van der Waals surface area contributed by atoms with Crippen molar-refractivity contribution < 1.29 is 4.74 Å². The number of rotatable bonds is 5. The van der Waals surface area contributed by atoms with Crippen LogP contribution in [-0.4, -0.2) is 17.1 Å². The maximum absolute atomic E-state index is 5.99. The molecule has 0 saturated carbocycles. The van der Waals surface area contributed by atoms with E-state index in [-0.39, 0.29) is 5.28 Å². The third-order valence-corrected chi connectivity index (χ3v) is 3.04. The summed E-state index contributed by atoms with van der Waals surface area (Å²) in [5, 5.41) is 3.75. The molecule has 0 aliphatic rings. The van der Waals surface area contributed by atoms with Crippen LogP contribution in [0.1, 0.15) is 11.1 Å². The average molecular weight is 298 g/mol. The molecule has 0 spiro atoms. The van der Waals surface area contributed by atoms with Crippen LogP contribution in [0.3, 0.4) is 0 Å². The van der Waals surface area contributed by atoms with Crippen molar-refractivity contribution in [3.05, 3.63) is 51.9 Å². The summed E-state index contributed by atoms with van der Waals surface area (Å²) in [6.07, 6.45) is 1.47. The van der Waals surface area contributed by atoms with E-state index < -0.39 is 0 Å². The molecule has 100 valence electrons. The summed E-state index contributed by atoms with van der Waals surface area (Å²) in [7, 11) is 1.67. The Bertz CT molecular complexity index is 563. The lowest BCUT2D eigenvalue weighted by Crippen LogP contribution is -2.05. The predicted octanol–water partition coefficient (Wildman–Crippen LogP) is 3.54. The normalized spacial score (nSPS) is 10.5. The van der Waals surface area contributed by atoms with Gasteiger partial charge in [-0.2, -0.15) is 4.98 Å². The molecule has 0 radical (unpaired) electrons. The van der Waals surface area contributed by atoms with E-state index in [1.807, 2.05) is 24.3 Å². The van der Waals surface area contributed by atoms with E-state index >= 15 is 0 Å². The molecule has 1 N–H and O–H groups in total. The van der Waals surface area contributed by atoms with Crippen LogP contribution in [0.25, 0.3) is 0 Å². The molecule has 1 aromatic heterocycles. The summed E-state index contributed by atoms with van der Waals surface area (Å²) in [5.74, 6) is 0.522. The van der Waals surface area contributed by atoms with Gasteiger partial charge in [-0.05, 0) is 22.7 Å². The molecule has 0 aliphatic carbocycles. The zero-order chi connectivity index (χ0) is 13.7. The quantitative estimate of drug-likeness (QED) is 0.858. The van der Waals surface area contributed by atoms with Gasteiger partial charge in [-0.1, -0.05) is 35.9 Å². The van der Waals surface area contributed by atoms with Gasteiger partial charge < -0.3 is 10.1 Å². The van der Waals surface area contributed by atoms with Crippen molar-refractivity contribution in [3.8, 4) is 0 Å². The van der Waals surface area contributed by atoms with Crippen LogP contribution < -0.4 is 5.32 Å². The summed E-state index contributed by atoms with van der Waals surface area (Å²) in [4.78, 5) is 7.85. The molecule has 4 nitrogen and oxygen atoms in total. The Labute approximate surface area is 121 Å². The minimum absolute atomic E-state index is 0.164. The summed E-state index contributed by atoms with van der Waals surface area (Å²) in [5.41, 5.74) is 2.24. The highest BCUT2D eigenvalue weighted by atomic mass is 35.5. The molecule has 6 heteroatoms. The zero-order valence-electron chi connectivity index (χ0n) is 10.4. The van der Waals surface area contributed by atoms with Gasteiger partial charge in [-0.3, -0.25) is 0 Å². The van der Waals surface area contributed by atoms with Crippen LogP contribution in [0.2, 0.25) is 10.3 Å². The average Bonchev–Trinajstić information content (AvgIpc) is 2.42. The first-order valence-electron chi connectivity index (χ1n) is 5.68. The number of aromatic nitrogens is 2. The monoisotopic (exact) mass is 297 g/mol. The van der Waals surface area contributed by atoms with E-state index in [0.29, 0.717) is 24.0 Å². The number of nitrogens with zero attached hydrogens (tertiary/aromatic N) is 2. The highest BCUT2D eigenvalue weighted by molar-refractivity contribution is 6.33. The second kappa shape index (κ2) is 6.70. The van der Waals surface area contributed by atoms with Gasteiger partial charge in [0.15, 0.2) is 0 Å². The molecule has 0 unspecified atom stereocenters. The van der Waals surface area contributed by atoms with Gasteiger partial charge in [0.25, 0.3) is 0 Å². The van der Waals surface area contributed by atoms with Crippen molar-refractivity contribution in [2.45, 2.75) is 13.2 Å². The van der Waals surface area contributed by atoms with Crippen LogP contribution in [0.15, 0.2) is 30.5 Å². The van der Waals surface area contributed by atoms with Crippen LogP contribution in [0, 0.1) is 0 Å². The van der Waals surface area contributed by atoms with Crippen LogP contribution in [0.4, 0.5) is 5.82 Å². The van der Waals surface area contributed by atoms with E-state index in [1.54, 1.807) is 7.11 Å². The van der Waals surface area contributed by atoms with E-state index in [9.17, 15) is 0 Å². The summed E-state index contributed by atoms with van der Waals surface area (Å²) in [6, 6.07) is 8.00. The highest BCUT2D eigenvalue weighted by Gasteiger charge is 2.06. The smallest absolute Gasteiger partial charge is 0.224 e. The van der Waals surface area contributed by atoms with Gasteiger partial charge in [-0.15, -0.1) is 0 Å². The van der Waals surface area contributed by atoms with E-state index in [2.05, 4.69) is 15.3 Å². The molecule has 0 fully saturated rings. The topological polar surface area (TPSA) is 47.0 Å². The number of hydrogen-bond donors (Lipinski definition) is 1. The van der Waals surface area contributed by atoms with Crippen molar-refractivity contribution >= 4 is 29.0 Å². The summed E-state index contributed by atoms with van der Waals surface area (Å²) < 4.78 is 5.16. The molecular formula is C13H13Cl2N3O. The van der Waals surface area contributed by atoms with Crippen molar-refractivity contribution in [2.24, 2.45) is 0 Å².